The summed E-state index contributed by atoms with van der Waals surface area (Å²) in [7, 11) is 0. The van der Waals surface area contributed by atoms with Gasteiger partial charge in [0.05, 0.1) is 0 Å². The molecule has 0 fully saturated rings. The third-order valence-corrected chi connectivity index (χ3v) is 2.72. The van der Waals surface area contributed by atoms with E-state index in [1.54, 1.807) is 18.2 Å². The molecule has 0 aliphatic carbocycles. The molecule has 1 unspecified atom stereocenters. The number of nitrogens with zero attached hydrogens (tertiary/aromatic N) is 2. The highest BCUT2D eigenvalue weighted by Crippen LogP contribution is 2.26. The van der Waals surface area contributed by atoms with Crippen molar-refractivity contribution >= 4 is 23.2 Å². The maximum atomic E-state index is 9.66. The summed E-state index contributed by atoms with van der Waals surface area (Å²) in [6.45, 7) is 0.335. The first kappa shape index (κ1) is 13.3. The molecule has 3 N–H and O–H groups in total. The highest BCUT2D eigenvalue weighted by Gasteiger charge is 2.16. The van der Waals surface area contributed by atoms with Crippen molar-refractivity contribution < 1.29 is 9.63 Å². The summed E-state index contributed by atoms with van der Waals surface area (Å²) in [6.07, 6.45) is -0.497. The number of aliphatic hydroxyl groups excluding tert-OH is 1. The standard InChI is InChI=1S/C11H11Cl2N3O2/c12-7-3-6(4-8(13)5-7)10-15-11(18-16-10)9(17)1-2-14/h3-5,9,17H,1-2,14H2. The summed E-state index contributed by atoms with van der Waals surface area (Å²) in [6, 6.07) is 4.94. The Morgan fingerprint density at radius 3 is 2.56 bits per heavy atom. The van der Waals surface area contributed by atoms with Gasteiger partial charge in [-0.05, 0) is 31.2 Å². The van der Waals surface area contributed by atoms with Crippen molar-refractivity contribution in [1.82, 2.24) is 10.1 Å². The summed E-state index contributed by atoms with van der Waals surface area (Å²) in [5.74, 6) is 0.456. The fraction of sp³-hybridized carbons (Fsp3) is 0.273. The van der Waals surface area contributed by atoms with E-state index in [1.165, 1.54) is 0 Å². The van der Waals surface area contributed by atoms with Crippen LogP contribution >= 0.6 is 23.2 Å². The van der Waals surface area contributed by atoms with E-state index in [-0.39, 0.29) is 5.89 Å². The average Bonchev–Trinajstić information content (AvgIpc) is 2.77. The van der Waals surface area contributed by atoms with Crippen LogP contribution < -0.4 is 5.73 Å². The molecule has 0 amide bonds. The number of nitrogens with two attached hydrogens (primary N) is 1. The van der Waals surface area contributed by atoms with Crippen molar-refractivity contribution in [2.75, 3.05) is 6.54 Å². The Bertz CT molecular complexity index is 525. The van der Waals surface area contributed by atoms with Gasteiger partial charge in [-0.1, -0.05) is 28.4 Å². The second kappa shape index (κ2) is 5.67. The Labute approximate surface area is 114 Å². The number of hydrogen-bond donors (Lipinski definition) is 2. The Hall–Kier alpha value is -1.14. The smallest absolute Gasteiger partial charge is 0.255 e. The number of rotatable bonds is 4. The van der Waals surface area contributed by atoms with Crippen LogP contribution in [0.3, 0.4) is 0 Å². The highest BCUT2D eigenvalue weighted by atomic mass is 35.5. The predicted octanol–water partition coefficient (Wildman–Crippen LogP) is 2.43. The molecule has 96 valence electrons. The highest BCUT2D eigenvalue weighted by molar-refractivity contribution is 6.35. The molecule has 1 atom stereocenters. The molecule has 2 aromatic rings. The van der Waals surface area contributed by atoms with Crippen molar-refractivity contribution in [2.24, 2.45) is 5.73 Å². The van der Waals surface area contributed by atoms with Gasteiger partial charge in [-0.15, -0.1) is 0 Å². The molecule has 5 nitrogen and oxygen atoms in total. The van der Waals surface area contributed by atoms with Crippen LogP contribution in [0.1, 0.15) is 18.4 Å². The number of aliphatic hydroxyl groups is 1. The number of aromatic nitrogens is 2. The number of benzene rings is 1. The van der Waals surface area contributed by atoms with E-state index in [9.17, 15) is 5.11 Å². The molecule has 2 rings (SSSR count). The SMILES string of the molecule is NCCC(O)c1nc(-c2cc(Cl)cc(Cl)c2)no1. The van der Waals surface area contributed by atoms with E-state index in [2.05, 4.69) is 10.1 Å². The predicted molar refractivity (Wildman–Crippen MR) is 68.4 cm³/mol. The van der Waals surface area contributed by atoms with Gasteiger partial charge in [0.1, 0.15) is 6.10 Å². The first-order chi connectivity index (χ1) is 8.60. The zero-order valence-corrected chi connectivity index (χ0v) is 10.8. The van der Waals surface area contributed by atoms with E-state index >= 15 is 0 Å². The molecular weight excluding hydrogens is 277 g/mol. The Kier molecular flexibility index (Phi) is 4.19. The molecule has 0 aliphatic heterocycles. The van der Waals surface area contributed by atoms with Gasteiger partial charge < -0.3 is 15.4 Å². The Morgan fingerprint density at radius 2 is 1.94 bits per heavy atom. The first-order valence-electron chi connectivity index (χ1n) is 5.28. The fourth-order valence-electron chi connectivity index (χ4n) is 1.45. The molecule has 0 bridgehead atoms. The van der Waals surface area contributed by atoms with Crippen LogP contribution in [-0.2, 0) is 0 Å². The third-order valence-electron chi connectivity index (χ3n) is 2.29. The van der Waals surface area contributed by atoms with E-state index in [1.807, 2.05) is 0 Å². The van der Waals surface area contributed by atoms with Gasteiger partial charge >= 0.3 is 0 Å². The van der Waals surface area contributed by atoms with Crippen molar-refractivity contribution in [3.63, 3.8) is 0 Å². The average molecular weight is 288 g/mol. The zero-order valence-electron chi connectivity index (χ0n) is 9.31. The third kappa shape index (κ3) is 3.00. The second-order valence-electron chi connectivity index (χ2n) is 3.71. The van der Waals surface area contributed by atoms with E-state index < -0.39 is 6.10 Å². The van der Waals surface area contributed by atoms with Gasteiger partial charge in [0.2, 0.25) is 5.82 Å². The van der Waals surface area contributed by atoms with Gasteiger partial charge in [-0.25, -0.2) is 0 Å². The summed E-state index contributed by atoms with van der Waals surface area (Å²) >= 11 is 11.8. The molecule has 1 aromatic heterocycles. The molecule has 1 heterocycles. The minimum absolute atomic E-state index is 0.131. The lowest BCUT2D eigenvalue weighted by molar-refractivity contribution is 0.127. The van der Waals surface area contributed by atoms with E-state index in [4.69, 9.17) is 33.5 Å². The van der Waals surface area contributed by atoms with Crippen molar-refractivity contribution in [3.05, 3.63) is 34.1 Å². The summed E-state index contributed by atoms with van der Waals surface area (Å²) in [4.78, 5) is 4.08. The first-order valence-corrected chi connectivity index (χ1v) is 6.04. The van der Waals surface area contributed by atoms with Crippen LogP contribution in [-0.4, -0.2) is 21.8 Å². The fourth-order valence-corrected chi connectivity index (χ4v) is 1.98. The van der Waals surface area contributed by atoms with Crippen LogP contribution in [0, 0.1) is 0 Å². The van der Waals surface area contributed by atoms with Crippen molar-refractivity contribution in [1.29, 1.82) is 0 Å². The lowest BCUT2D eigenvalue weighted by Crippen LogP contribution is -2.06. The van der Waals surface area contributed by atoms with Crippen LogP contribution in [0.5, 0.6) is 0 Å². The Morgan fingerprint density at radius 1 is 1.28 bits per heavy atom. The molecule has 18 heavy (non-hydrogen) atoms. The minimum atomic E-state index is -0.856. The zero-order chi connectivity index (χ0) is 13.1. The van der Waals surface area contributed by atoms with Crippen LogP contribution in [0.25, 0.3) is 11.4 Å². The summed E-state index contributed by atoms with van der Waals surface area (Å²) in [5.41, 5.74) is 5.97. The van der Waals surface area contributed by atoms with Crippen molar-refractivity contribution in [3.8, 4) is 11.4 Å². The number of halogens is 2. The second-order valence-corrected chi connectivity index (χ2v) is 4.58. The molecule has 0 saturated carbocycles. The molecule has 1 aromatic carbocycles. The normalized spacial score (nSPS) is 12.7. The monoisotopic (exact) mass is 287 g/mol. The van der Waals surface area contributed by atoms with E-state index in [0.29, 0.717) is 34.4 Å². The quantitative estimate of drug-likeness (QED) is 0.902. The van der Waals surface area contributed by atoms with Crippen molar-refractivity contribution in [2.45, 2.75) is 12.5 Å². The largest absolute Gasteiger partial charge is 0.383 e. The number of hydrogen-bond acceptors (Lipinski definition) is 5. The van der Waals surface area contributed by atoms with Gasteiger partial charge in [0.15, 0.2) is 0 Å². The molecule has 0 spiro atoms. The van der Waals surface area contributed by atoms with Crippen LogP contribution in [0.15, 0.2) is 22.7 Å². The van der Waals surface area contributed by atoms with Gasteiger partial charge in [-0.2, -0.15) is 4.98 Å². The summed E-state index contributed by atoms with van der Waals surface area (Å²) < 4.78 is 4.96. The maximum Gasteiger partial charge on any atom is 0.255 e. The van der Waals surface area contributed by atoms with Crippen LogP contribution in [0.4, 0.5) is 0 Å². The molecular formula is C11H11Cl2N3O2. The molecule has 0 aliphatic rings. The van der Waals surface area contributed by atoms with Gasteiger partial charge in [-0.3, -0.25) is 0 Å². The lowest BCUT2D eigenvalue weighted by Gasteiger charge is -2.01. The lowest BCUT2D eigenvalue weighted by atomic mass is 10.2. The molecule has 0 saturated heterocycles. The summed E-state index contributed by atoms with van der Waals surface area (Å²) in [5, 5.41) is 14.4. The molecule has 7 heteroatoms. The maximum absolute atomic E-state index is 9.66. The van der Waals surface area contributed by atoms with E-state index in [0.717, 1.165) is 0 Å². The topological polar surface area (TPSA) is 85.2 Å². The molecule has 0 radical (unpaired) electrons. The van der Waals surface area contributed by atoms with Gasteiger partial charge in [0, 0.05) is 15.6 Å². The minimum Gasteiger partial charge on any atom is -0.383 e. The van der Waals surface area contributed by atoms with Crippen LogP contribution in [0.2, 0.25) is 10.0 Å². The Balaban J connectivity index is 2.29. The van der Waals surface area contributed by atoms with Gasteiger partial charge in [0.25, 0.3) is 5.89 Å².